The summed E-state index contributed by atoms with van der Waals surface area (Å²) in [6.45, 7) is 2.80. The average molecular weight is 313 g/mol. The van der Waals surface area contributed by atoms with E-state index in [2.05, 4.69) is 12.6 Å². The Morgan fingerprint density at radius 1 is 1.09 bits per heavy atom. The zero-order valence-corrected chi connectivity index (χ0v) is 13.4. The van der Waals surface area contributed by atoms with Gasteiger partial charge in [-0.05, 0) is 55.0 Å². The SMILES string of the molecule is Cc1ccc(Oc2ccc(N3CC(CS)CC3=O)cc2)cc1. The van der Waals surface area contributed by atoms with Crippen molar-refractivity contribution in [3.63, 3.8) is 0 Å². The molecule has 4 heteroatoms. The van der Waals surface area contributed by atoms with Crippen molar-refractivity contribution in [1.29, 1.82) is 0 Å². The van der Waals surface area contributed by atoms with Gasteiger partial charge in [0.05, 0.1) is 0 Å². The van der Waals surface area contributed by atoms with E-state index < -0.39 is 0 Å². The van der Waals surface area contributed by atoms with Gasteiger partial charge in [0.15, 0.2) is 0 Å². The number of thiol groups is 1. The maximum Gasteiger partial charge on any atom is 0.227 e. The number of ether oxygens (including phenoxy) is 1. The monoisotopic (exact) mass is 313 g/mol. The summed E-state index contributed by atoms with van der Waals surface area (Å²) in [5, 5.41) is 0. The molecule has 114 valence electrons. The molecule has 1 saturated heterocycles. The minimum Gasteiger partial charge on any atom is -0.457 e. The second-order valence-corrected chi connectivity index (χ2v) is 6.03. The topological polar surface area (TPSA) is 29.5 Å². The molecular formula is C18H19NO2S. The van der Waals surface area contributed by atoms with Gasteiger partial charge >= 0.3 is 0 Å². The molecule has 2 aromatic carbocycles. The number of nitrogens with zero attached hydrogens (tertiary/aromatic N) is 1. The quantitative estimate of drug-likeness (QED) is 0.862. The largest absolute Gasteiger partial charge is 0.457 e. The van der Waals surface area contributed by atoms with Crippen molar-refractivity contribution in [1.82, 2.24) is 0 Å². The Morgan fingerprint density at radius 2 is 1.68 bits per heavy atom. The molecule has 0 bridgehead atoms. The van der Waals surface area contributed by atoms with Crippen molar-refractivity contribution >= 4 is 24.2 Å². The molecular weight excluding hydrogens is 294 g/mol. The molecule has 1 aliphatic heterocycles. The molecule has 3 nitrogen and oxygen atoms in total. The second-order valence-electron chi connectivity index (χ2n) is 5.67. The highest BCUT2D eigenvalue weighted by molar-refractivity contribution is 7.80. The highest BCUT2D eigenvalue weighted by atomic mass is 32.1. The molecule has 0 saturated carbocycles. The van der Waals surface area contributed by atoms with Gasteiger partial charge in [-0.3, -0.25) is 4.79 Å². The van der Waals surface area contributed by atoms with Gasteiger partial charge in [0.2, 0.25) is 5.91 Å². The van der Waals surface area contributed by atoms with Crippen LogP contribution in [0.4, 0.5) is 5.69 Å². The summed E-state index contributed by atoms with van der Waals surface area (Å²) in [5.74, 6) is 2.85. The summed E-state index contributed by atoms with van der Waals surface area (Å²) in [5.41, 5.74) is 2.12. The summed E-state index contributed by atoms with van der Waals surface area (Å²) >= 11 is 4.29. The van der Waals surface area contributed by atoms with Crippen LogP contribution in [0.1, 0.15) is 12.0 Å². The van der Waals surface area contributed by atoms with E-state index in [0.29, 0.717) is 12.3 Å². The Bertz CT molecular complexity index is 652. The fraction of sp³-hybridized carbons (Fsp3) is 0.278. The van der Waals surface area contributed by atoms with Crippen molar-refractivity contribution in [2.24, 2.45) is 5.92 Å². The normalized spacial score (nSPS) is 17.8. The minimum absolute atomic E-state index is 0.172. The molecule has 0 aliphatic carbocycles. The van der Waals surface area contributed by atoms with Crippen LogP contribution in [0, 0.1) is 12.8 Å². The molecule has 3 rings (SSSR count). The molecule has 0 spiro atoms. The highest BCUT2D eigenvalue weighted by Gasteiger charge is 2.29. The van der Waals surface area contributed by atoms with Crippen molar-refractivity contribution in [3.05, 3.63) is 54.1 Å². The molecule has 2 aromatic rings. The van der Waals surface area contributed by atoms with Crippen LogP contribution in [-0.4, -0.2) is 18.2 Å². The Morgan fingerprint density at radius 3 is 2.23 bits per heavy atom. The van der Waals surface area contributed by atoms with Gasteiger partial charge in [-0.25, -0.2) is 0 Å². The number of carbonyl (C=O) groups is 1. The number of anilines is 1. The third-order valence-corrected chi connectivity index (χ3v) is 4.38. The predicted molar refractivity (Wildman–Crippen MR) is 92.0 cm³/mol. The van der Waals surface area contributed by atoms with E-state index in [4.69, 9.17) is 4.74 Å². The van der Waals surface area contributed by atoms with E-state index in [1.54, 1.807) is 0 Å². The van der Waals surface area contributed by atoms with Gasteiger partial charge < -0.3 is 9.64 Å². The first-order valence-corrected chi connectivity index (χ1v) is 8.05. The van der Waals surface area contributed by atoms with Gasteiger partial charge in [-0.1, -0.05) is 17.7 Å². The lowest BCUT2D eigenvalue weighted by molar-refractivity contribution is -0.117. The first-order chi connectivity index (χ1) is 10.7. The lowest BCUT2D eigenvalue weighted by Crippen LogP contribution is -2.24. The number of benzene rings is 2. The number of rotatable bonds is 4. The number of carbonyl (C=O) groups excluding carboxylic acids is 1. The lowest BCUT2D eigenvalue weighted by atomic mass is 10.1. The van der Waals surface area contributed by atoms with Crippen molar-refractivity contribution < 1.29 is 9.53 Å². The summed E-state index contributed by atoms with van der Waals surface area (Å²) in [6, 6.07) is 15.6. The average Bonchev–Trinajstić information content (AvgIpc) is 2.91. The molecule has 1 unspecified atom stereocenters. The van der Waals surface area contributed by atoms with Crippen LogP contribution in [-0.2, 0) is 4.79 Å². The van der Waals surface area contributed by atoms with Crippen LogP contribution in [0.3, 0.4) is 0 Å². The van der Waals surface area contributed by atoms with Crippen molar-refractivity contribution in [3.8, 4) is 11.5 Å². The van der Waals surface area contributed by atoms with Gasteiger partial charge in [0.1, 0.15) is 11.5 Å². The van der Waals surface area contributed by atoms with E-state index in [-0.39, 0.29) is 5.91 Å². The second kappa shape index (κ2) is 6.44. The molecule has 1 fully saturated rings. The summed E-state index contributed by atoms with van der Waals surface area (Å²) in [7, 11) is 0. The summed E-state index contributed by atoms with van der Waals surface area (Å²) in [6.07, 6.45) is 0.588. The van der Waals surface area contributed by atoms with Crippen LogP contribution in [0.15, 0.2) is 48.5 Å². The number of amides is 1. The maximum atomic E-state index is 12.0. The molecule has 0 aromatic heterocycles. The first kappa shape index (κ1) is 15.0. The Balaban J connectivity index is 1.70. The van der Waals surface area contributed by atoms with E-state index in [1.165, 1.54) is 5.56 Å². The van der Waals surface area contributed by atoms with Gasteiger partial charge in [-0.2, -0.15) is 12.6 Å². The zero-order valence-electron chi connectivity index (χ0n) is 12.5. The molecule has 1 aliphatic rings. The summed E-state index contributed by atoms with van der Waals surface area (Å²) in [4.78, 5) is 13.8. The van der Waals surface area contributed by atoms with Crippen LogP contribution in [0.2, 0.25) is 0 Å². The minimum atomic E-state index is 0.172. The zero-order chi connectivity index (χ0) is 15.5. The summed E-state index contributed by atoms with van der Waals surface area (Å²) < 4.78 is 5.80. The Kier molecular flexibility index (Phi) is 4.39. The molecule has 0 N–H and O–H groups in total. The van der Waals surface area contributed by atoms with Gasteiger partial charge in [0, 0.05) is 18.7 Å². The Labute approximate surface area is 136 Å². The fourth-order valence-corrected chi connectivity index (χ4v) is 2.83. The van der Waals surface area contributed by atoms with E-state index in [9.17, 15) is 4.79 Å². The van der Waals surface area contributed by atoms with Crippen LogP contribution in [0.5, 0.6) is 11.5 Å². The van der Waals surface area contributed by atoms with Gasteiger partial charge in [0.25, 0.3) is 0 Å². The standard InChI is InChI=1S/C18H19NO2S/c1-13-2-6-16(7-3-13)21-17-8-4-15(5-9-17)19-11-14(12-22)10-18(19)20/h2-9,14,22H,10-12H2,1H3. The molecule has 1 heterocycles. The molecule has 0 radical (unpaired) electrons. The van der Waals surface area contributed by atoms with Crippen molar-refractivity contribution in [2.45, 2.75) is 13.3 Å². The predicted octanol–water partition coefficient (Wildman–Crippen LogP) is 4.07. The smallest absolute Gasteiger partial charge is 0.227 e. The number of hydrogen-bond donors (Lipinski definition) is 1. The van der Waals surface area contributed by atoms with E-state index in [1.807, 2.05) is 60.4 Å². The molecule has 1 atom stereocenters. The van der Waals surface area contributed by atoms with Gasteiger partial charge in [-0.15, -0.1) is 0 Å². The third kappa shape index (κ3) is 3.28. The molecule has 22 heavy (non-hydrogen) atoms. The van der Waals surface area contributed by atoms with Crippen LogP contribution < -0.4 is 9.64 Å². The Hall–Kier alpha value is -1.94. The van der Waals surface area contributed by atoms with Crippen molar-refractivity contribution in [2.75, 3.05) is 17.2 Å². The number of hydrogen-bond acceptors (Lipinski definition) is 3. The van der Waals surface area contributed by atoms with E-state index >= 15 is 0 Å². The van der Waals surface area contributed by atoms with Crippen LogP contribution >= 0.6 is 12.6 Å². The lowest BCUT2D eigenvalue weighted by Gasteiger charge is -2.17. The fourth-order valence-electron chi connectivity index (χ4n) is 2.59. The number of aryl methyl sites for hydroxylation is 1. The highest BCUT2D eigenvalue weighted by Crippen LogP contribution is 2.29. The first-order valence-electron chi connectivity index (χ1n) is 7.41. The third-order valence-electron chi connectivity index (χ3n) is 3.87. The maximum absolute atomic E-state index is 12.0. The van der Waals surface area contributed by atoms with E-state index in [0.717, 1.165) is 29.5 Å². The molecule has 1 amide bonds. The van der Waals surface area contributed by atoms with Crippen LogP contribution in [0.25, 0.3) is 0 Å².